The fourth-order valence-corrected chi connectivity index (χ4v) is 1.75. The average Bonchev–Trinajstić information content (AvgIpc) is 2.37. The van der Waals surface area contributed by atoms with Crippen molar-refractivity contribution in [3.05, 3.63) is 29.8 Å². The number of carbonyl (C=O) groups is 2. The Balaban J connectivity index is 2.77. The number of amides is 1. The van der Waals surface area contributed by atoms with Crippen LogP contribution in [0.1, 0.15) is 26.3 Å². The monoisotopic (exact) mass is 279 g/mol. The fourth-order valence-electron chi connectivity index (χ4n) is 1.75. The summed E-state index contributed by atoms with van der Waals surface area (Å²) in [6.07, 6.45) is 0.171. The molecule has 5 heteroatoms. The van der Waals surface area contributed by atoms with Gasteiger partial charge in [0.1, 0.15) is 11.8 Å². The molecular formula is C15H21NO4. The van der Waals surface area contributed by atoms with Crippen LogP contribution >= 0.6 is 0 Å². The van der Waals surface area contributed by atoms with E-state index in [2.05, 4.69) is 5.32 Å². The first-order chi connectivity index (χ1) is 9.42. The van der Waals surface area contributed by atoms with Crippen LogP contribution in [0, 0.1) is 0 Å². The number of carbonyl (C=O) groups excluding carboxylic acids is 2. The predicted octanol–water partition coefficient (Wildman–Crippen LogP) is 1.69. The summed E-state index contributed by atoms with van der Waals surface area (Å²) >= 11 is 0. The summed E-state index contributed by atoms with van der Waals surface area (Å²) in [6, 6.07) is 6.66. The van der Waals surface area contributed by atoms with Crippen molar-refractivity contribution in [1.82, 2.24) is 5.32 Å². The van der Waals surface area contributed by atoms with Crippen molar-refractivity contribution in [1.29, 1.82) is 0 Å². The zero-order valence-electron chi connectivity index (χ0n) is 12.3. The van der Waals surface area contributed by atoms with Gasteiger partial charge >= 0.3 is 5.97 Å². The van der Waals surface area contributed by atoms with Crippen molar-refractivity contribution in [3.8, 4) is 5.75 Å². The van der Waals surface area contributed by atoms with Gasteiger partial charge < -0.3 is 14.8 Å². The minimum atomic E-state index is -0.678. The highest BCUT2D eigenvalue weighted by Gasteiger charge is 2.22. The van der Waals surface area contributed by atoms with Gasteiger partial charge in [-0.2, -0.15) is 0 Å². The van der Waals surface area contributed by atoms with Gasteiger partial charge in [-0.25, -0.2) is 4.79 Å². The van der Waals surface area contributed by atoms with E-state index in [1.165, 1.54) is 6.92 Å². The second-order valence-electron chi connectivity index (χ2n) is 4.79. The van der Waals surface area contributed by atoms with Crippen LogP contribution in [0.3, 0.4) is 0 Å². The molecule has 20 heavy (non-hydrogen) atoms. The molecule has 1 atom stereocenters. The lowest BCUT2D eigenvalue weighted by atomic mass is 10.1. The maximum atomic E-state index is 12.0. The van der Waals surface area contributed by atoms with E-state index in [9.17, 15) is 9.59 Å². The van der Waals surface area contributed by atoms with Crippen LogP contribution in [0.15, 0.2) is 24.3 Å². The standard InChI is InChI=1S/C15H21NO4/c1-10(2)20-15(18)14(16-11(3)17)9-12-5-7-13(19-4)8-6-12/h5-8,10,14H,9H2,1-4H3,(H,16,17)/t14-/m0/s1. The highest BCUT2D eigenvalue weighted by atomic mass is 16.5. The summed E-state index contributed by atoms with van der Waals surface area (Å²) in [5, 5.41) is 2.62. The minimum absolute atomic E-state index is 0.213. The Bertz CT molecular complexity index is 453. The van der Waals surface area contributed by atoms with E-state index >= 15 is 0 Å². The lowest BCUT2D eigenvalue weighted by molar-refractivity contribution is -0.151. The Morgan fingerprint density at radius 3 is 2.25 bits per heavy atom. The van der Waals surface area contributed by atoms with E-state index in [1.54, 1.807) is 21.0 Å². The topological polar surface area (TPSA) is 64.6 Å². The molecule has 1 aromatic carbocycles. The smallest absolute Gasteiger partial charge is 0.329 e. The molecule has 0 bridgehead atoms. The lowest BCUT2D eigenvalue weighted by Gasteiger charge is -2.18. The van der Waals surface area contributed by atoms with Crippen molar-refractivity contribution in [3.63, 3.8) is 0 Å². The van der Waals surface area contributed by atoms with Crippen LogP contribution in [0.4, 0.5) is 0 Å². The average molecular weight is 279 g/mol. The molecule has 1 amide bonds. The molecule has 5 nitrogen and oxygen atoms in total. The molecule has 0 spiro atoms. The number of rotatable bonds is 6. The maximum absolute atomic E-state index is 12.0. The SMILES string of the molecule is COc1ccc(C[C@H](NC(C)=O)C(=O)OC(C)C)cc1. The zero-order valence-corrected chi connectivity index (χ0v) is 12.3. The van der Waals surface area contributed by atoms with Crippen molar-refractivity contribution < 1.29 is 19.1 Å². The second kappa shape index (κ2) is 7.53. The predicted molar refractivity (Wildman–Crippen MR) is 75.5 cm³/mol. The van der Waals surface area contributed by atoms with Crippen LogP contribution in [0.25, 0.3) is 0 Å². The molecular weight excluding hydrogens is 258 g/mol. The van der Waals surface area contributed by atoms with E-state index in [1.807, 2.05) is 24.3 Å². The molecule has 1 rings (SSSR count). The summed E-state index contributed by atoms with van der Waals surface area (Å²) in [4.78, 5) is 23.2. The number of nitrogens with one attached hydrogen (secondary N) is 1. The van der Waals surface area contributed by atoms with E-state index < -0.39 is 12.0 Å². The first-order valence-electron chi connectivity index (χ1n) is 6.53. The van der Waals surface area contributed by atoms with Gasteiger partial charge in [0.25, 0.3) is 0 Å². The third kappa shape index (κ3) is 5.30. The van der Waals surface area contributed by atoms with Crippen molar-refractivity contribution in [2.75, 3.05) is 7.11 Å². The summed E-state index contributed by atoms with van der Waals surface area (Å²) in [6.45, 7) is 4.93. The Labute approximate surface area is 119 Å². The van der Waals surface area contributed by atoms with Crippen molar-refractivity contribution >= 4 is 11.9 Å². The largest absolute Gasteiger partial charge is 0.497 e. The van der Waals surface area contributed by atoms with Gasteiger partial charge in [0.2, 0.25) is 5.91 Å². The normalized spacial score (nSPS) is 11.8. The summed E-state index contributed by atoms with van der Waals surface area (Å²) < 4.78 is 10.2. The van der Waals surface area contributed by atoms with Gasteiger partial charge in [-0.15, -0.1) is 0 Å². The van der Waals surface area contributed by atoms with Gasteiger partial charge in [-0.1, -0.05) is 12.1 Å². The molecule has 0 fully saturated rings. The van der Waals surface area contributed by atoms with Crippen molar-refractivity contribution in [2.45, 2.75) is 39.3 Å². The first kappa shape index (κ1) is 16.0. The van der Waals surface area contributed by atoms with E-state index in [0.717, 1.165) is 11.3 Å². The molecule has 0 aliphatic rings. The van der Waals surface area contributed by atoms with Crippen LogP contribution < -0.4 is 10.1 Å². The van der Waals surface area contributed by atoms with Crippen LogP contribution in [0.2, 0.25) is 0 Å². The lowest BCUT2D eigenvalue weighted by Crippen LogP contribution is -2.43. The van der Waals surface area contributed by atoms with Crippen molar-refractivity contribution in [2.24, 2.45) is 0 Å². The van der Waals surface area contributed by atoms with E-state index in [0.29, 0.717) is 6.42 Å². The third-order valence-corrected chi connectivity index (χ3v) is 2.61. The van der Waals surface area contributed by atoms with E-state index in [-0.39, 0.29) is 12.0 Å². The van der Waals surface area contributed by atoms with Gasteiger partial charge in [0.05, 0.1) is 13.2 Å². The number of hydrogen-bond donors (Lipinski definition) is 1. The number of ether oxygens (including phenoxy) is 2. The quantitative estimate of drug-likeness (QED) is 0.805. The first-order valence-corrected chi connectivity index (χ1v) is 6.53. The molecule has 0 aliphatic heterocycles. The minimum Gasteiger partial charge on any atom is -0.497 e. The molecule has 0 unspecified atom stereocenters. The Hall–Kier alpha value is -2.04. The summed E-state index contributed by atoms with van der Waals surface area (Å²) in [7, 11) is 1.59. The highest BCUT2D eigenvalue weighted by Crippen LogP contribution is 2.13. The Morgan fingerprint density at radius 1 is 1.20 bits per heavy atom. The maximum Gasteiger partial charge on any atom is 0.329 e. The summed E-state index contributed by atoms with van der Waals surface area (Å²) in [5.74, 6) is 0.0600. The zero-order chi connectivity index (χ0) is 15.1. The number of methoxy groups -OCH3 is 1. The van der Waals surface area contributed by atoms with Crippen LogP contribution in [0.5, 0.6) is 5.75 Å². The molecule has 1 N–H and O–H groups in total. The van der Waals surface area contributed by atoms with Crippen LogP contribution in [-0.4, -0.2) is 31.1 Å². The number of esters is 1. The molecule has 0 aliphatic carbocycles. The Kier molecular flexibility index (Phi) is 6.03. The molecule has 110 valence electrons. The van der Waals surface area contributed by atoms with Gasteiger partial charge in [0.15, 0.2) is 0 Å². The second-order valence-corrected chi connectivity index (χ2v) is 4.79. The molecule has 0 saturated heterocycles. The number of benzene rings is 1. The summed E-state index contributed by atoms with van der Waals surface area (Å²) in [5.41, 5.74) is 0.922. The fraction of sp³-hybridized carbons (Fsp3) is 0.467. The van der Waals surface area contributed by atoms with Gasteiger partial charge in [-0.3, -0.25) is 4.79 Å². The highest BCUT2D eigenvalue weighted by molar-refractivity contribution is 5.83. The molecule has 0 radical (unpaired) electrons. The molecule has 0 heterocycles. The van der Waals surface area contributed by atoms with Crippen LogP contribution in [-0.2, 0) is 20.7 Å². The number of hydrogen-bond acceptors (Lipinski definition) is 4. The third-order valence-electron chi connectivity index (χ3n) is 2.61. The van der Waals surface area contributed by atoms with Gasteiger partial charge in [-0.05, 0) is 31.5 Å². The van der Waals surface area contributed by atoms with Gasteiger partial charge in [0, 0.05) is 13.3 Å². The molecule has 0 aromatic heterocycles. The van der Waals surface area contributed by atoms with E-state index in [4.69, 9.17) is 9.47 Å². The Morgan fingerprint density at radius 2 is 1.80 bits per heavy atom. The molecule has 0 saturated carbocycles. The molecule has 1 aromatic rings.